The molecule has 3 aromatic carbocycles. The normalized spacial score (nSPS) is 13.6. The Morgan fingerprint density at radius 1 is 1.02 bits per heavy atom. The fourth-order valence-electron chi connectivity index (χ4n) is 5.36. The number of allylic oxidation sites excluding steroid dienone is 1. The van der Waals surface area contributed by atoms with Crippen LogP contribution in [0.1, 0.15) is 56.7 Å². The second-order valence-corrected chi connectivity index (χ2v) is 10.1. The average molecular weight is 536 g/mol. The van der Waals surface area contributed by atoms with Gasteiger partial charge in [0.05, 0.1) is 21.7 Å². The highest BCUT2D eigenvalue weighted by molar-refractivity contribution is 6.07. The van der Waals surface area contributed by atoms with E-state index in [0.717, 1.165) is 51.9 Å². The van der Waals surface area contributed by atoms with E-state index in [9.17, 15) is 19.7 Å². The summed E-state index contributed by atoms with van der Waals surface area (Å²) in [6.45, 7) is 5.44. The third-order valence-electron chi connectivity index (χ3n) is 7.10. The third-order valence-corrected chi connectivity index (χ3v) is 7.10. The van der Waals surface area contributed by atoms with E-state index in [-0.39, 0.29) is 5.69 Å². The number of esters is 1. The Hall–Kier alpha value is -4.85. The molecule has 4 aromatic rings. The summed E-state index contributed by atoms with van der Waals surface area (Å²) in [6, 6.07) is 17.7. The zero-order chi connectivity index (χ0) is 28.4. The third kappa shape index (κ3) is 5.47. The molecule has 1 aliphatic rings. The first-order chi connectivity index (χ1) is 19.2. The summed E-state index contributed by atoms with van der Waals surface area (Å²) < 4.78 is 5.57. The number of rotatable bonds is 6. The molecule has 1 N–H and O–H groups in total. The lowest BCUT2D eigenvalue weighted by atomic mass is 9.86. The van der Waals surface area contributed by atoms with Crippen LogP contribution in [-0.4, -0.2) is 28.4 Å². The first-order valence-electron chi connectivity index (χ1n) is 13.1. The van der Waals surface area contributed by atoms with E-state index in [4.69, 9.17) is 9.72 Å². The van der Waals surface area contributed by atoms with Crippen LogP contribution in [0, 0.1) is 30.9 Å². The first-order valence-corrected chi connectivity index (χ1v) is 13.1. The molecule has 202 valence electrons. The van der Waals surface area contributed by atoms with Crippen molar-refractivity contribution in [1.29, 1.82) is 0 Å². The molecule has 1 heterocycles. The van der Waals surface area contributed by atoms with Gasteiger partial charge in [0.1, 0.15) is 0 Å². The van der Waals surface area contributed by atoms with Crippen LogP contribution in [0.15, 0.2) is 60.7 Å². The number of carbonyl (C=O) groups excluding carboxylic acids is 2. The molecule has 0 unspecified atom stereocenters. The van der Waals surface area contributed by atoms with E-state index < -0.39 is 23.4 Å². The highest BCUT2D eigenvalue weighted by atomic mass is 16.6. The number of carbonyl (C=O) groups is 2. The van der Waals surface area contributed by atoms with E-state index in [0.29, 0.717) is 28.6 Å². The van der Waals surface area contributed by atoms with Crippen molar-refractivity contribution < 1.29 is 19.2 Å². The number of nitrogens with zero attached hydrogens (tertiary/aromatic N) is 2. The topological polar surface area (TPSA) is 111 Å². The van der Waals surface area contributed by atoms with Gasteiger partial charge in [-0.05, 0) is 92.1 Å². The van der Waals surface area contributed by atoms with Crippen molar-refractivity contribution in [1.82, 2.24) is 4.98 Å². The van der Waals surface area contributed by atoms with E-state index in [2.05, 4.69) is 5.32 Å². The van der Waals surface area contributed by atoms with Crippen molar-refractivity contribution in [3.63, 3.8) is 0 Å². The van der Waals surface area contributed by atoms with Crippen molar-refractivity contribution in [3.05, 3.63) is 110 Å². The predicted molar refractivity (Wildman–Crippen MR) is 155 cm³/mol. The van der Waals surface area contributed by atoms with Gasteiger partial charge in [-0.15, -0.1) is 0 Å². The number of ether oxygens (including phenoxy) is 1. The molecule has 0 saturated heterocycles. The van der Waals surface area contributed by atoms with Gasteiger partial charge in [0.15, 0.2) is 6.61 Å². The van der Waals surface area contributed by atoms with E-state index >= 15 is 0 Å². The zero-order valence-corrected chi connectivity index (χ0v) is 22.6. The minimum Gasteiger partial charge on any atom is -0.452 e. The monoisotopic (exact) mass is 535 g/mol. The molecule has 0 aliphatic heterocycles. The molecular weight excluding hydrogens is 506 g/mol. The summed E-state index contributed by atoms with van der Waals surface area (Å²) in [7, 11) is 0. The number of aryl methyl sites for hydroxylation is 3. The molecule has 0 radical (unpaired) electrons. The maximum atomic E-state index is 13.5. The van der Waals surface area contributed by atoms with Gasteiger partial charge in [0.2, 0.25) is 0 Å². The minimum atomic E-state index is -0.570. The lowest BCUT2D eigenvalue weighted by Gasteiger charge is -2.22. The maximum absolute atomic E-state index is 13.5. The molecule has 0 spiro atoms. The maximum Gasteiger partial charge on any atom is 0.339 e. The largest absolute Gasteiger partial charge is 0.452 e. The standard InChI is InChI=1S/C32H29N3O5/c1-19-15-20(2)30(21(3)16-19)34-28(36)18-40-32(37)29-25-8-4-5-10-27(25)33-31-23(7-6-9-26(29)31)17-22-11-13-24(14-12-22)35(38)39/h4-5,8,10-17H,6-7,9,18H2,1-3H3,(H,34,36)/b23-17-. The summed E-state index contributed by atoms with van der Waals surface area (Å²) in [5.41, 5.74) is 8.07. The number of amides is 1. The lowest BCUT2D eigenvalue weighted by Crippen LogP contribution is -2.23. The number of pyridine rings is 1. The van der Waals surface area contributed by atoms with Gasteiger partial charge < -0.3 is 10.1 Å². The number of aromatic nitrogens is 1. The van der Waals surface area contributed by atoms with Crippen molar-refractivity contribution in [2.75, 3.05) is 11.9 Å². The number of benzene rings is 3. The molecule has 1 aliphatic carbocycles. The minimum absolute atomic E-state index is 0.0251. The SMILES string of the molecule is Cc1cc(C)c(NC(=O)COC(=O)c2c3c(nc4ccccc24)/C(=C\c2ccc([N+](=O)[O-])cc2)CCC3)c(C)c1. The second-order valence-electron chi connectivity index (χ2n) is 10.1. The molecule has 8 heteroatoms. The number of nitrogens with one attached hydrogen (secondary N) is 1. The molecule has 0 bridgehead atoms. The molecule has 40 heavy (non-hydrogen) atoms. The van der Waals surface area contributed by atoms with Gasteiger partial charge in [-0.2, -0.15) is 0 Å². The van der Waals surface area contributed by atoms with Crippen molar-refractivity contribution >= 4 is 45.8 Å². The number of nitro groups is 1. The number of para-hydroxylation sites is 1. The van der Waals surface area contributed by atoms with Gasteiger partial charge in [-0.25, -0.2) is 9.78 Å². The predicted octanol–water partition coefficient (Wildman–Crippen LogP) is 6.74. The fourth-order valence-corrected chi connectivity index (χ4v) is 5.36. The summed E-state index contributed by atoms with van der Waals surface area (Å²) >= 11 is 0. The van der Waals surface area contributed by atoms with Gasteiger partial charge in [0.25, 0.3) is 11.6 Å². The molecule has 8 nitrogen and oxygen atoms in total. The summed E-state index contributed by atoms with van der Waals surface area (Å²) in [5.74, 6) is -0.978. The molecule has 1 aromatic heterocycles. The summed E-state index contributed by atoms with van der Waals surface area (Å²) in [6.07, 6.45) is 4.15. The number of non-ortho nitro benzene ring substituents is 1. The van der Waals surface area contributed by atoms with Crippen molar-refractivity contribution in [2.24, 2.45) is 0 Å². The van der Waals surface area contributed by atoms with Gasteiger partial charge in [-0.1, -0.05) is 35.9 Å². The number of nitro benzene ring substituents is 1. The van der Waals surface area contributed by atoms with Crippen LogP contribution in [0.4, 0.5) is 11.4 Å². The van der Waals surface area contributed by atoms with Crippen LogP contribution in [0.2, 0.25) is 0 Å². The zero-order valence-electron chi connectivity index (χ0n) is 22.6. The average Bonchev–Trinajstić information content (AvgIpc) is 2.93. The van der Waals surface area contributed by atoms with Gasteiger partial charge in [0, 0.05) is 23.2 Å². The second kappa shape index (κ2) is 11.1. The van der Waals surface area contributed by atoms with E-state index in [1.54, 1.807) is 12.1 Å². The molecule has 1 amide bonds. The van der Waals surface area contributed by atoms with Crippen LogP contribution in [0.3, 0.4) is 0 Å². The first kappa shape index (κ1) is 26.7. The highest BCUT2D eigenvalue weighted by Crippen LogP contribution is 2.36. The fraction of sp³-hybridized carbons (Fsp3) is 0.219. The van der Waals surface area contributed by atoms with E-state index in [1.165, 1.54) is 12.1 Å². The Kier molecular flexibility index (Phi) is 7.42. The summed E-state index contributed by atoms with van der Waals surface area (Å²) in [5, 5.41) is 14.6. The Labute approximate surface area is 231 Å². The molecule has 0 fully saturated rings. The summed E-state index contributed by atoms with van der Waals surface area (Å²) in [4.78, 5) is 41.8. The highest BCUT2D eigenvalue weighted by Gasteiger charge is 2.26. The van der Waals surface area contributed by atoms with Crippen molar-refractivity contribution in [2.45, 2.75) is 40.0 Å². The number of fused-ring (bicyclic) bond motifs is 2. The lowest BCUT2D eigenvalue weighted by molar-refractivity contribution is -0.384. The molecule has 0 saturated carbocycles. The van der Waals surface area contributed by atoms with Gasteiger partial charge >= 0.3 is 5.97 Å². The number of hydrogen-bond acceptors (Lipinski definition) is 6. The van der Waals surface area contributed by atoms with Crippen LogP contribution in [-0.2, 0) is 16.0 Å². The Balaban J connectivity index is 1.45. The number of anilines is 1. The molecular formula is C32H29N3O5. The smallest absolute Gasteiger partial charge is 0.339 e. The van der Waals surface area contributed by atoms with Crippen LogP contribution >= 0.6 is 0 Å². The Bertz CT molecular complexity index is 1670. The Morgan fingerprint density at radius 3 is 2.42 bits per heavy atom. The quantitative estimate of drug-likeness (QED) is 0.166. The Morgan fingerprint density at radius 2 is 1.73 bits per heavy atom. The van der Waals surface area contributed by atoms with Crippen LogP contribution in [0.5, 0.6) is 0 Å². The van der Waals surface area contributed by atoms with Crippen LogP contribution < -0.4 is 5.32 Å². The van der Waals surface area contributed by atoms with E-state index in [1.807, 2.05) is 63.2 Å². The van der Waals surface area contributed by atoms with Crippen molar-refractivity contribution in [3.8, 4) is 0 Å². The van der Waals surface area contributed by atoms with Gasteiger partial charge in [-0.3, -0.25) is 14.9 Å². The number of hydrogen-bond donors (Lipinski definition) is 1. The molecule has 5 rings (SSSR count). The molecule has 0 atom stereocenters. The van der Waals surface area contributed by atoms with Crippen LogP contribution in [0.25, 0.3) is 22.6 Å².